The first-order valence-corrected chi connectivity index (χ1v) is 11.6. The van der Waals surface area contributed by atoms with Crippen molar-refractivity contribution in [2.24, 2.45) is 4.99 Å². The molecule has 0 spiro atoms. The molecule has 0 aliphatic carbocycles. The molecule has 1 fully saturated rings. The first-order valence-electron chi connectivity index (χ1n) is 10.2. The van der Waals surface area contributed by atoms with Crippen LogP contribution < -0.4 is 10.6 Å². The number of aryl methyl sites for hydroxylation is 1. The van der Waals surface area contributed by atoms with Crippen molar-refractivity contribution in [3.63, 3.8) is 0 Å². The molecule has 1 heterocycles. The second-order valence-corrected chi connectivity index (χ2v) is 9.70. The third-order valence-corrected chi connectivity index (χ3v) is 6.86. The van der Waals surface area contributed by atoms with Crippen molar-refractivity contribution in [3.8, 4) is 0 Å². The van der Waals surface area contributed by atoms with E-state index in [0.29, 0.717) is 22.7 Å². The molecule has 6 nitrogen and oxygen atoms in total. The Bertz CT molecular complexity index is 800. The van der Waals surface area contributed by atoms with Crippen LogP contribution in [0.15, 0.2) is 29.3 Å². The fourth-order valence-corrected chi connectivity index (χ4v) is 4.33. The lowest BCUT2D eigenvalue weighted by atomic mass is 10.0. The lowest BCUT2D eigenvalue weighted by Gasteiger charge is -2.32. The lowest BCUT2D eigenvalue weighted by Crippen LogP contribution is -2.51. The summed E-state index contributed by atoms with van der Waals surface area (Å²) in [5, 5.41) is 6.38. The van der Waals surface area contributed by atoms with Gasteiger partial charge in [0.25, 0.3) is 0 Å². The Morgan fingerprint density at radius 2 is 1.80 bits per heavy atom. The Labute approximate surface area is 177 Å². The third-order valence-electron chi connectivity index (χ3n) is 5.23. The Hall–Kier alpha value is -1.81. The first kappa shape index (κ1) is 24.5. The number of piperidine rings is 1. The summed E-state index contributed by atoms with van der Waals surface area (Å²) in [6.45, 7) is 4.70. The Morgan fingerprint density at radius 3 is 2.30 bits per heavy atom. The van der Waals surface area contributed by atoms with Gasteiger partial charge in [0.15, 0.2) is 5.96 Å². The molecule has 0 saturated carbocycles. The highest BCUT2D eigenvalue weighted by molar-refractivity contribution is 7.90. The van der Waals surface area contributed by atoms with E-state index in [4.69, 9.17) is 0 Å². The number of nitrogens with zero attached hydrogens (tertiary/aromatic N) is 2. The number of hydrogen-bond acceptors (Lipinski definition) is 3. The molecule has 0 unspecified atom stereocenters. The molecule has 0 bridgehead atoms. The molecule has 0 radical (unpaired) electrons. The first-order chi connectivity index (χ1) is 14.0. The molecule has 1 aliphatic heterocycles. The number of halogens is 3. The largest absolute Gasteiger partial charge is 0.511 e. The molecule has 2 rings (SSSR count). The molecule has 2 N–H and O–H groups in total. The second-order valence-electron chi connectivity index (χ2n) is 7.77. The maximum absolute atomic E-state index is 12.7. The summed E-state index contributed by atoms with van der Waals surface area (Å²) >= 11 is 0. The molecule has 1 saturated heterocycles. The van der Waals surface area contributed by atoms with Crippen LogP contribution in [0.3, 0.4) is 0 Å². The van der Waals surface area contributed by atoms with Gasteiger partial charge in [0.1, 0.15) is 0 Å². The van der Waals surface area contributed by atoms with Crippen molar-refractivity contribution in [2.45, 2.75) is 57.0 Å². The predicted octanol–water partition coefficient (Wildman–Crippen LogP) is 3.22. The van der Waals surface area contributed by atoms with Crippen LogP contribution >= 0.6 is 0 Å². The third kappa shape index (κ3) is 6.60. The van der Waals surface area contributed by atoms with Crippen molar-refractivity contribution >= 4 is 16.0 Å². The van der Waals surface area contributed by atoms with Crippen molar-refractivity contribution in [1.82, 2.24) is 14.9 Å². The van der Waals surface area contributed by atoms with Crippen molar-refractivity contribution in [1.29, 1.82) is 0 Å². The molecule has 0 aromatic heterocycles. The number of hydrogen-bond donors (Lipinski definition) is 2. The maximum atomic E-state index is 12.7. The standard InChI is InChI=1S/C20H31F3N4O2S/c1-15(2)17-8-6-16(7-9-17)5-4-12-25-19(24-3)26-18-10-13-27(14-11-18)30(28,29)20(21,22)23/h6-9,15,18H,4-5,10-14H2,1-3H3,(H2,24,25,26). The fraction of sp³-hybridized carbons (Fsp3) is 0.650. The summed E-state index contributed by atoms with van der Waals surface area (Å²) in [4.78, 5) is 4.15. The average Bonchev–Trinajstić information content (AvgIpc) is 2.70. The molecule has 0 atom stereocenters. The zero-order valence-electron chi connectivity index (χ0n) is 17.7. The maximum Gasteiger partial charge on any atom is 0.511 e. The Morgan fingerprint density at radius 1 is 1.20 bits per heavy atom. The number of sulfonamides is 1. The normalized spacial score (nSPS) is 17.4. The van der Waals surface area contributed by atoms with Gasteiger partial charge in [-0.2, -0.15) is 17.5 Å². The zero-order chi connectivity index (χ0) is 22.4. The van der Waals surface area contributed by atoms with Crippen LogP contribution in [0, 0.1) is 0 Å². The van der Waals surface area contributed by atoms with Crippen LogP contribution in [0.2, 0.25) is 0 Å². The molecular formula is C20H31F3N4O2S. The number of alkyl halides is 3. The van der Waals surface area contributed by atoms with Gasteiger partial charge < -0.3 is 10.6 Å². The molecule has 1 aliphatic rings. The topological polar surface area (TPSA) is 73.8 Å². The van der Waals surface area contributed by atoms with E-state index in [1.54, 1.807) is 7.05 Å². The number of benzene rings is 1. The van der Waals surface area contributed by atoms with Crippen LogP contribution in [0.4, 0.5) is 13.2 Å². The van der Waals surface area contributed by atoms with Crippen LogP contribution in [0.25, 0.3) is 0 Å². The van der Waals surface area contributed by atoms with E-state index in [1.807, 2.05) is 0 Å². The van der Waals surface area contributed by atoms with E-state index in [2.05, 4.69) is 53.7 Å². The SMILES string of the molecule is CN=C(NCCCc1ccc(C(C)C)cc1)NC1CCN(S(=O)(=O)C(F)(F)F)CC1. The molecule has 1 aromatic carbocycles. The van der Waals surface area contributed by atoms with Crippen LogP contribution in [-0.2, 0) is 16.4 Å². The number of rotatable bonds is 7. The van der Waals surface area contributed by atoms with Gasteiger partial charge in [0.05, 0.1) is 0 Å². The van der Waals surface area contributed by atoms with Gasteiger partial charge >= 0.3 is 15.5 Å². The lowest BCUT2D eigenvalue weighted by molar-refractivity contribution is -0.0494. The summed E-state index contributed by atoms with van der Waals surface area (Å²) in [6.07, 6.45) is 2.41. The minimum Gasteiger partial charge on any atom is -0.356 e. The molecule has 170 valence electrons. The van der Waals surface area contributed by atoms with E-state index in [1.165, 1.54) is 11.1 Å². The summed E-state index contributed by atoms with van der Waals surface area (Å²) in [6, 6.07) is 8.47. The Kier molecular flexibility index (Phi) is 8.54. The summed E-state index contributed by atoms with van der Waals surface area (Å²) in [5.74, 6) is 1.08. The van der Waals surface area contributed by atoms with Crippen LogP contribution in [0.5, 0.6) is 0 Å². The number of guanidine groups is 1. The molecule has 0 amide bonds. The van der Waals surface area contributed by atoms with Crippen LogP contribution in [-0.4, -0.2) is 56.9 Å². The highest BCUT2D eigenvalue weighted by Crippen LogP contribution is 2.28. The smallest absolute Gasteiger partial charge is 0.356 e. The number of nitrogens with one attached hydrogen (secondary N) is 2. The minimum atomic E-state index is -5.25. The average molecular weight is 449 g/mol. The quantitative estimate of drug-likeness (QED) is 0.382. The fourth-order valence-electron chi connectivity index (χ4n) is 3.34. The van der Waals surface area contributed by atoms with Gasteiger partial charge in [-0.05, 0) is 42.7 Å². The summed E-state index contributed by atoms with van der Waals surface area (Å²) < 4.78 is 61.4. The van der Waals surface area contributed by atoms with E-state index >= 15 is 0 Å². The zero-order valence-corrected chi connectivity index (χ0v) is 18.5. The molecule has 30 heavy (non-hydrogen) atoms. The molecule has 1 aromatic rings. The van der Waals surface area contributed by atoms with Gasteiger partial charge in [-0.25, -0.2) is 8.42 Å². The highest BCUT2D eigenvalue weighted by atomic mass is 32.2. The van der Waals surface area contributed by atoms with Crippen molar-refractivity contribution in [2.75, 3.05) is 26.7 Å². The monoisotopic (exact) mass is 448 g/mol. The number of aliphatic imine (C=N–C) groups is 1. The minimum absolute atomic E-state index is 0.125. The second kappa shape index (κ2) is 10.5. The van der Waals surface area contributed by atoms with E-state index in [9.17, 15) is 21.6 Å². The van der Waals surface area contributed by atoms with E-state index in [0.717, 1.165) is 12.8 Å². The Balaban J connectivity index is 1.73. The molecular weight excluding hydrogens is 417 g/mol. The van der Waals surface area contributed by atoms with Gasteiger partial charge in [-0.15, -0.1) is 0 Å². The van der Waals surface area contributed by atoms with Gasteiger partial charge in [-0.1, -0.05) is 38.1 Å². The van der Waals surface area contributed by atoms with Gasteiger partial charge in [0.2, 0.25) is 0 Å². The van der Waals surface area contributed by atoms with Crippen molar-refractivity contribution < 1.29 is 21.6 Å². The predicted molar refractivity (Wildman–Crippen MR) is 113 cm³/mol. The van der Waals surface area contributed by atoms with Crippen molar-refractivity contribution in [3.05, 3.63) is 35.4 Å². The van der Waals surface area contributed by atoms with Crippen LogP contribution in [0.1, 0.15) is 50.2 Å². The van der Waals surface area contributed by atoms with Gasteiger partial charge in [0, 0.05) is 32.7 Å². The summed E-state index contributed by atoms with van der Waals surface area (Å²) in [5.41, 5.74) is -2.67. The summed E-state index contributed by atoms with van der Waals surface area (Å²) in [7, 11) is -3.62. The molecule has 10 heteroatoms. The van der Waals surface area contributed by atoms with E-state index in [-0.39, 0.29) is 32.0 Å². The van der Waals surface area contributed by atoms with E-state index < -0.39 is 15.5 Å². The highest BCUT2D eigenvalue weighted by Gasteiger charge is 2.50. The van der Waals surface area contributed by atoms with Gasteiger partial charge in [-0.3, -0.25) is 4.99 Å².